The zero-order valence-electron chi connectivity index (χ0n) is 11.1. The van der Waals surface area contributed by atoms with Gasteiger partial charge in [0, 0.05) is 10.9 Å². The van der Waals surface area contributed by atoms with Crippen molar-refractivity contribution in [1.82, 2.24) is 4.98 Å². The number of aromatic nitrogens is 1. The molecule has 19 heavy (non-hydrogen) atoms. The van der Waals surface area contributed by atoms with Gasteiger partial charge in [0.2, 0.25) is 5.13 Å². The average molecular weight is 275 g/mol. The summed E-state index contributed by atoms with van der Waals surface area (Å²) in [5.41, 5.74) is 4.87. The van der Waals surface area contributed by atoms with E-state index in [4.69, 9.17) is 4.74 Å². The molecule has 1 heterocycles. The zero-order valence-corrected chi connectivity index (χ0v) is 11.9. The molecule has 0 atom stereocenters. The minimum atomic E-state index is 0.712. The molecule has 1 N–H and O–H groups in total. The third-order valence-corrected chi connectivity index (χ3v) is 3.23. The number of thiazole rings is 1. The Kier molecular flexibility index (Phi) is 4.92. The first kappa shape index (κ1) is 13.5. The summed E-state index contributed by atoms with van der Waals surface area (Å²) in [4.78, 5) is 4.28. The number of para-hydroxylation sites is 1. The Hall–Kier alpha value is -1.88. The number of hydrazone groups is 1. The maximum atomic E-state index is 5.66. The van der Waals surface area contributed by atoms with Crippen LogP contribution in [0.1, 0.15) is 24.6 Å². The molecule has 0 saturated carbocycles. The molecule has 0 aliphatic carbocycles. The number of hydrogen-bond acceptors (Lipinski definition) is 5. The number of anilines is 1. The van der Waals surface area contributed by atoms with Crippen LogP contribution in [0.15, 0.2) is 34.7 Å². The molecule has 1 aromatic heterocycles. The van der Waals surface area contributed by atoms with Crippen molar-refractivity contribution >= 4 is 22.7 Å². The lowest BCUT2D eigenvalue weighted by molar-refractivity contribution is 0.317. The predicted molar refractivity (Wildman–Crippen MR) is 80.3 cm³/mol. The van der Waals surface area contributed by atoms with E-state index >= 15 is 0 Å². The number of rotatable bonds is 6. The highest BCUT2D eigenvalue weighted by molar-refractivity contribution is 7.13. The minimum absolute atomic E-state index is 0.712. The fourth-order valence-electron chi connectivity index (χ4n) is 1.49. The fraction of sp³-hybridized carbons (Fsp3) is 0.286. The summed E-state index contributed by atoms with van der Waals surface area (Å²) in [7, 11) is 0. The highest BCUT2D eigenvalue weighted by Gasteiger charge is 2.00. The summed E-state index contributed by atoms with van der Waals surface area (Å²) in [6, 6.07) is 7.85. The predicted octanol–water partition coefficient (Wildman–Crippen LogP) is 3.69. The van der Waals surface area contributed by atoms with Crippen LogP contribution in [0, 0.1) is 6.92 Å². The molecule has 0 amide bonds. The van der Waals surface area contributed by atoms with Gasteiger partial charge in [-0.15, -0.1) is 11.3 Å². The Balaban J connectivity index is 2.01. The third kappa shape index (κ3) is 4.06. The van der Waals surface area contributed by atoms with E-state index in [0.29, 0.717) is 6.61 Å². The van der Waals surface area contributed by atoms with Crippen molar-refractivity contribution in [2.24, 2.45) is 5.10 Å². The lowest BCUT2D eigenvalue weighted by Crippen LogP contribution is -1.99. The molecule has 0 bridgehead atoms. The van der Waals surface area contributed by atoms with Crippen molar-refractivity contribution in [2.45, 2.75) is 20.3 Å². The second-order valence-corrected chi connectivity index (χ2v) is 4.91. The molecule has 4 nitrogen and oxygen atoms in total. The van der Waals surface area contributed by atoms with Crippen molar-refractivity contribution in [1.29, 1.82) is 0 Å². The molecule has 0 unspecified atom stereocenters. The van der Waals surface area contributed by atoms with Crippen molar-refractivity contribution < 1.29 is 4.74 Å². The third-order valence-electron chi connectivity index (χ3n) is 2.36. The molecule has 0 saturated heterocycles. The van der Waals surface area contributed by atoms with Gasteiger partial charge in [0.1, 0.15) is 5.75 Å². The molecule has 5 heteroatoms. The van der Waals surface area contributed by atoms with Crippen molar-refractivity contribution in [3.05, 3.63) is 40.9 Å². The number of nitrogens with zero attached hydrogens (tertiary/aromatic N) is 2. The van der Waals surface area contributed by atoms with Crippen LogP contribution < -0.4 is 10.2 Å². The number of ether oxygens (including phenoxy) is 1. The largest absolute Gasteiger partial charge is 0.493 e. The van der Waals surface area contributed by atoms with E-state index in [9.17, 15) is 0 Å². The maximum absolute atomic E-state index is 5.66. The van der Waals surface area contributed by atoms with Gasteiger partial charge in [-0.25, -0.2) is 4.98 Å². The van der Waals surface area contributed by atoms with Gasteiger partial charge in [-0.05, 0) is 25.5 Å². The Morgan fingerprint density at radius 1 is 1.42 bits per heavy atom. The van der Waals surface area contributed by atoms with Crippen LogP contribution in [0.3, 0.4) is 0 Å². The monoisotopic (exact) mass is 275 g/mol. The van der Waals surface area contributed by atoms with Crippen molar-refractivity contribution in [3.63, 3.8) is 0 Å². The summed E-state index contributed by atoms with van der Waals surface area (Å²) < 4.78 is 5.66. The Bertz CT molecular complexity index is 551. The van der Waals surface area contributed by atoms with Gasteiger partial charge in [0.25, 0.3) is 0 Å². The lowest BCUT2D eigenvalue weighted by atomic mass is 10.2. The molecule has 100 valence electrons. The molecule has 2 rings (SSSR count). The van der Waals surface area contributed by atoms with E-state index in [1.807, 2.05) is 36.6 Å². The van der Waals surface area contributed by atoms with Crippen LogP contribution in [0.4, 0.5) is 5.13 Å². The van der Waals surface area contributed by atoms with Crippen LogP contribution in [-0.4, -0.2) is 17.8 Å². The number of benzene rings is 1. The summed E-state index contributed by atoms with van der Waals surface area (Å²) in [5, 5.41) is 6.96. The average Bonchev–Trinajstić information content (AvgIpc) is 2.83. The maximum Gasteiger partial charge on any atom is 0.203 e. The van der Waals surface area contributed by atoms with Crippen LogP contribution >= 0.6 is 11.3 Å². The fourth-order valence-corrected chi connectivity index (χ4v) is 2.13. The molecule has 0 radical (unpaired) electrons. The van der Waals surface area contributed by atoms with Gasteiger partial charge in [0.15, 0.2) is 0 Å². The standard InChI is InChI=1S/C14H17N3OS/c1-3-8-18-13-7-5-4-6-12(13)9-15-17-14-16-11(2)10-19-14/h4-7,9-10H,3,8H2,1-2H3,(H,16,17)/b15-9-. The van der Waals surface area contributed by atoms with E-state index in [1.165, 1.54) is 11.3 Å². The quantitative estimate of drug-likeness (QED) is 0.646. The summed E-state index contributed by atoms with van der Waals surface area (Å²) in [5.74, 6) is 0.852. The molecule has 0 aliphatic rings. The Morgan fingerprint density at radius 3 is 3.00 bits per heavy atom. The van der Waals surface area contributed by atoms with Gasteiger partial charge in [-0.3, -0.25) is 5.43 Å². The van der Waals surface area contributed by atoms with Gasteiger partial charge >= 0.3 is 0 Å². The molecule has 0 aliphatic heterocycles. The summed E-state index contributed by atoms with van der Waals surface area (Å²) >= 11 is 1.54. The van der Waals surface area contributed by atoms with Crippen molar-refractivity contribution in [3.8, 4) is 5.75 Å². The highest BCUT2D eigenvalue weighted by atomic mass is 32.1. The summed E-state index contributed by atoms with van der Waals surface area (Å²) in [6.45, 7) is 4.76. The first-order valence-corrected chi connectivity index (χ1v) is 7.10. The van der Waals surface area contributed by atoms with Crippen LogP contribution in [0.2, 0.25) is 0 Å². The van der Waals surface area contributed by atoms with E-state index in [-0.39, 0.29) is 0 Å². The molecule has 0 spiro atoms. The van der Waals surface area contributed by atoms with Gasteiger partial charge < -0.3 is 4.74 Å². The normalized spacial score (nSPS) is 10.8. The van der Waals surface area contributed by atoms with E-state index < -0.39 is 0 Å². The number of aryl methyl sites for hydroxylation is 1. The smallest absolute Gasteiger partial charge is 0.203 e. The first-order chi connectivity index (χ1) is 9.29. The summed E-state index contributed by atoms with van der Waals surface area (Å²) in [6.07, 6.45) is 2.74. The van der Waals surface area contributed by atoms with Crippen LogP contribution in [0.25, 0.3) is 0 Å². The zero-order chi connectivity index (χ0) is 13.5. The van der Waals surface area contributed by atoms with Gasteiger partial charge in [-0.2, -0.15) is 5.10 Å². The SMILES string of the molecule is CCCOc1ccccc1/C=N\Nc1nc(C)cs1. The molecular formula is C14H17N3OS. The Morgan fingerprint density at radius 2 is 2.26 bits per heavy atom. The number of nitrogens with one attached hydrogen (secondary N) is 1. The van der Waals surface area contributed by atoms with Crippen LogP contribution in [0.5, 0.6) is 5.75 Å². The Labute approximate surface area is 117 Å². The van der Waals surface area contributed by atoms with Crippen molar-refractivity contribution in [2.75, 3.05) is 12.0 Å². The van der Waals surface area contributed by atoms with Gasteiger partial charge in [0.05, 0.1) is 18.5 Å². The second kappa shape index (κ2) is 6.89. The van der Waals surface area contributed by atoms with E-state index in [1.54, 1.807) is 6.21 Å². The van der Waals surface area contributed by atoms with Gasteiger partial charge in [-0.1, -0.05) is 19.1 Å². The van der Waals surface area contributed by atoms with E-state index in [0.717, 1.165) is 28.6 Å². The molecule has 2 aromatic rings. The molecular weight excluding hydrogens is 258 g/mol. The van der Waals surface area contributed by atoms with Crippen LogP contribution in [-0.2, 0) is 0 Å². The lowest BCUT2D eigenvalue weighted by Gasteiger charge is -2.07. The number of hydrogen-bond donors (Lipinski definition) is 1. The second-order valence-electron chi connectivity index (χ2n) is 4.05. The highest BCUT2D eigenvalue weighted by Crippen LogP contribution is 2.17. The molecule has 1 aromatic carbocycles. The first-order valence-electron chi connectivity index (χ1n) is 6.22. The minimum Gasteiger partial charge on any atom is -0.493 e. The van der Waals surface area contributed by atoms with E-state index in [2.05, 4.69) is 22.4 Å². The topological polar surface area (TPSA) is 46.5 Å². The molecule has 0 fully saturated rings.